The summed E-state index contributed by atoms with van der Waals surface area (Å²) in [7, 11) is 0. The quantitative estimate of drug-likeness (QED) is 0.0385. The summed E-state index contributed by atoms with van der Waals surface area (Å²) in [5.74, 6) is -1.88. The molecule has 0 radical (unpaired) electrons. The fourth-order valence-corrected chi connectivity index (χ4v) is 8.01. The van der Waals surface area contributed by atoms with Crippen LogP contribution >= 0.6 is 0 Å². The molecule has 1 rings (SSSR count). The zero-order valence-electron chi connectivity index (χ0n) is 36.2. The van der Waals surface area contributed by atoms with Crippen molar-refractivity contribution in [2.75, 3.05) is 13.2 Å². The Balaban J connectivity index is 2.59. The number of carbonyl (C=O) groups excluding carboxylic acids is 2. The fourth-order valence-electron chi connectivity index (χ4n) is 8.01. The van der Waals surface area contributed by atoms with E-state index < -0.39 is 49.1 Å². The second kappa shape index (κ2) is 36.3. The molecule has 1 aliphatic rings. The SMILES string of the molecule is CCCCCCCCCCCCCCCCCCN(C(=O)CCCCCCCCCCCCCCCCC)[C@@H]1O[C@H](CO)[C@H](O)[C@H](O)[C@H]1NC(=O)CCC(=O)O. The lowest BCUT2D eigenvalue weighted by Crippen LogP contribution is -2.68. The molecule has 0 aromatic rings. The summed E-state index contributed by atoms with van der Waals surface area (Å²) in [6.07, 6.45) is 32.7. The molecule has 0 spiro atoms. The number of unbranched alkanes of at least 4 members (excludes halogenated alkanes) is 29. The average molecular weight is 797 g/mol. The highest BCUT2D eigenvalue weighted by molar-refractivity contribution is 5.81. The van der Waals surface area contributed by atoms with Gasteiger partial charge in [-0.15, -0.1) is 0 Å². The topological polar surface area (TPSA) is 157 Å². The molecular weight excluding hydrogens is 709 g/mol. The fraction of sp³-hybridized carbons (Fsp3) is 0.935. The van der Waals surface area contributed by atoms with E-state index in [0.29, 0.717) is 13.0 Å². The molecule has 5 atom stereocenters. The van der Waals surface area contributed by atoms with E-state index in [-0.39, 0.29) is 18.7 Å². The lowest BCUT2D eigenvalue weighted by molar-refractivity contribution is -0.231. The molecule has 0 unspecified atom stereocenters. The highest BCUT2D eigenvalue weighted by atomic mass is 16.5. The second-order valence-corrected chi connectivity index (χ2v) is 16.8. The number of nitrogens with zero attached hydrogens (tertiary/aromatic N) is 1. The third kappa shape index (κ3) is 26.3. The number of hydrogen-bond acceptors (Lipinski definition) is 7. The Hall–Kier alpha value is -1.75. The van der Waals surface area contributed by atoms with E-state index >= 15 is 0 Å². The van der Waals surface area contributed by atoms with Crippen molar-refractivity contribution >= 4 is 17.8 Å². The van der Waals surface area contributed by atoms with E-state index in [1.54, 1.807) is 4.90 Å². The molecule has 0 aliphatic carbocycles. The number of carboxylic acid groups (broad SMARTS) is 1. The molecular formula is C46H88N2O8. The third-order valence-electron chi connectivity index (χ3n) is 11.7. The summed E-state index contributed by atoms with van der Waals surface area (Å²) in [5.41, 5.74) is 0. The number of nitrogens with one attached hydrogen (secondary N) is 1. The first kappa shape index (κ1) is 52.3. The minimum atomic E-state index is -1.51. The molecule has 0 bridgehead atoms. The maximum atomic E-state index is 13.8. The first-order valence-corrected chi connectivity index (χ1v) is 23.7. The molecule has 330 valence electrons. The summed E-state index contributed by atoms with van der Waals surface area (Å²) < 4.78 is 6.06. The first-order valence-electron chi connectivity index (χ1n) is 23.7. The number of rotatable bonds is 39. The smallest absolute Gasteiger partial charge is 0.303 e. The number of hydrogen-bond donors (Lipinski definition) is 5. The van der Waals surface area contributed by atoms with Crippen molar-refractivity contribution in [1.82, 2.24) is 10.2 Å². The van der Waals surface area contributed by atoms with Crippen LogP contribution < -0.4 is 5.32 Å². The van der Waals surface area contributed by atoms with Gasteiger partial charge in [0.25, 0.3) is 0 Å². The Morgan fingerprint density at radius 1 is 0.518 bits per heavy atom. The van der Waals surface area contributed by atoms with Crippen molar-refractivity contribution in [2.24, 2.45) is 0 Å². The lowest BCUT2D eigenvalue weighted by Gasteiger charge is -2.47. The summed E-state index contributed by atoms with van der Waals surface area (Å²) in [5, 5.41) is 43.4. The summed E-state index contributed by atoms with van der Waals surface area (Å²) in [6, 6.07) is -1.17. The van der Waals surface area contributed by atoms with Crippen molar-refractivity contribution in [3.8, 4) is 0 Å². The number of carboxylic acids is 1. The molecule has 1 aliphatic heterocycles. The Morgan fingerprint density at radius 3 is 1.27 bits per heavy atom. The standard InChI is InChI=1S/C46H88N2O8/c1-3-5-7-9-11-13-15-17-19-21-23-25-27-29-31-33-37-48(41(51)34-32-30-28-26-24-22-20-18-16-14-12-10-8-6-4-2)46-43(47-40(50)35-36-42(52)53)45(55)44(54)39(38-49)56-46/h39,43-46,49,54-55H,3-38H2,1-2H3,(H,47,50)(H,52,53)/t39-,43-,44+,45-,46-/m1/s1. The van der Waals surface area contributed by atoms with E-state index in [1.165, 1.54) is 148 Å². The molecule has 56 heavy (non-hydrogen) atoms. The van der Waals surface area contributed by atoms with Gasteiger partial charge in [-0.25, -0.2) is 0 Å². The molecule has 5 N–H and O–H groups in total. The van der Waals surface area contributed by atoms with E-state index in [2.05, 4.69) is 19.2 Å². The maximum Gasteiger partial charge on any atom is 0.303 e. The van der Waals surface area contributed by atoms with Gasteiger partial charge in [-0.3, -0.25) is 14.4 Å². The number of amides is 2. The van der Waals surface area contributed by atoms with Gasteiger partial charge in [-0.1, -0.05) is 200 Å². The van der Waals surface area contributed by atoms with Gasteiger partial charge in [0.15, 0.2) is 6.23 Å². The van der Waals surface area contributed by atoms with E-state index in [1.807, 2.05) is 0 Å². The summed E-state index contributed by atoms with van der Waals surface area (Å²) >= 11 is 0. The van der Waals surface area contributed by atoms with Crippen LogP contribution in [0.3, 0.4) is 0 Å². The van der Waals surface area contributed by atoms with Crippen molar-refractivity contribution < 1.29 is 39.5 Å². The minimum absolute atomic E-state index is 0.143. The molecule has 0 aromatic carbocycles. The van der Waals surface area contributed by atoms with Crippen molar-refractivity contribution in [2.45, 2.75) is 263 Å². The van der Waals surface area contributed by atoms with Gasteiger partial charge in [0.2, 0.25) is 11.8 Å². The van der Waals surface area contributed by atoms with Gasteiger partial charge in [-0.2, -0.15) is 0 Å². The Morgan fingerprint density at radius 2 is 0.893 bits per heavy atom. The van der Waals surface area contributed by atoms with E-state index in [9.17, 15) is 29.7 Å². The van der Waals surface area contributed by atoms with Crippen LogP contribution in [0.2, 0.25) is 0 Å². The molecule has 1 saturated heterocycles. The highest BCUT2D eigenvalue weighted by Crippen LogP contribution is 2.26. The lowest BCUT2D eigenvalue weighted by atomic mass is 9.94. The zero-order chi connectivity index (χ0) is 41.1. The highest BCUT2D eigenvalue weighted by Gasteiger charge is 2.48. The second-order valence-electron chi connectivity index (χ2n) is 16.8. The number of aliphatic hydroxyl groups is 3. The van der Waals surface area contributed by atoms with E-state index in [0.717, 1.165) is 51.4 Å². The van der Waals surface area contributed by atoms with Crippen LogP contribution in [0.5, 0.6) is 0 Å². The normalized spacial score (nSPS) is 19.6. The number of ether oxygens (including phenoxy) is 1. The van der Waals surface area contributed by atoms with Crippen molar-refractivity contribution in [3.63, 3.8) is 0 Å². The molecule has 10 nitrogen and oxygen atoms in total. The number of carbonyl (C=O) groups is 3. The molecule has 1 fully saturated rings. The van der Waals surface area contributed by atoms with Crippen LogP contribution in [-0.4, -0.2) is 86.8 Å². The van der Waals surface area contributed by atoms with E-state index in [4.69, 9.17) is 9.84 Å². The van der Waals surface area contributed by atoms with Gasteiger partial charge < -0.3 is 35.4 Å². The molecule has 0 aromatic heterocycles. The molecule has 1 heterocycles. The van der Waals surface area contributed by atoms with Crippen LogP contribution in [0, 0.1) is 0 Å². The third-order valence-corrected chi connectivity index (χ3v) is 11.7. The summed E-state index contributed by atoms with van der Waals surface area (Å²) in [6.45, 7) is 4.32. The first-order chi connectivity index (χ1) is 27.3. The Kier molecular flexibility index (Phi) is 33.9. The number of aliphatic hydroxyl groups excluding tert-OH is 3. The minimum Gasteiger partial charge on any atom is -0.481 e. The van der Waals surface area contributed by atoms with Crippen LogP contribution in [0.15, 0.2) is 0 Å². The van der Waals surface area contributed by atoms with Crippen LogP contribution in [0.1, 0.15) is 232 Å². The molecule has 2 amide bonds. The Labute approximate surface area is 342 Å². The average Bonchev–Trinajstić information content (AvgIpc) is 3.18. The van der Waals surface area contributed by atoms with Gasteiger partial charge in [-0.05, 0) is 12.8 Å². The van der Waals surface area contributed by atoms with Crippen LogP contribution in [-0.2, 0) is 19.1 Å². The maximum absolute atomic E-state index is 13.8. The van der Waals surface area contributed by atoms with Crippen molar-refractivity contribution in [1.29, 1.82) is 0 Å². The Bertz CT molecular complexity index is 952. The van der Waals surface area contributed by atoms with Gasteiger partial charge in [0.05, 0.1) is 13.0 Å². The van der Waals surface area contributed by atoms with Crippen molar-refractivity contribution in [3.05, 3.63) is 0 Å². The van der Waals surface area contributed by atoms with Crippen LogP contribution in [0.4, 0.5) is 0 Å². The largest absolute Gasteiger partial charge is 0.481 e. The molecule has 0 saturated carbocycles. The number of aliphatic carboxylic acids is 1. The monoisotopic (exact) mass is 797 g/mol. The predicted octanol–water partition coefficient (Wildman–Crippen LogP) is 10.1. The van der Waals surface area contributed by atoms with Gasteiger partial charge >= 0.3 is 5.97 Å². The van der Waals surface area contributed by atoms with Gasteiger partial charge in [0.1, 0.15) is 24.4 Å². The predicted molar refractivity (Wildman–Crippen MR) is 227 cm³/mol. The summed E-state index contributed by atoms with van der Waals surface area (Å²) in [4.78, 5) is 39.2. The van der Waals surface area contributed by atoms with Gasteiger partial charge in [0, 0.05) is 19.4 Å². The molecule has 10 heteroatoms. The zero-order valence-corrected chi connectivity index (χ0v) is 36.2. The van der Waals surface area contributed by atoms with Crippen LogP contribution in [0.25, 0.3) is 0 Å².